The van der Waals surface area contributed by atoms with Crippen molar-refractivity contribution >= 4 is 5.91 Å². The first-order valence-electron chi connectivity index (χ1n) is 5.59. The Morgan fingerprint density at radius 1 is 1.43 bits per heavy atom. The second-order valence-electron chi connectivity index (χ2n) is 4.09. The maximum absolute atomic E-state index is 13.1. The number of halogens is 3. The molecule has 0 spiro atoms. The van der Waals surface area contributed by atoms with Crippen LogP contribution in [-0.4, -0.2) is 20.7 Å². The lowest BCUT2D eigenvalue weighted by Crippen LogP contribution is -2.21. The van der Waals surface area contributed by atoms with Crippen molar-refractivity contribution in [1.82, 2.24) is 14.8 Å². The summed E-state index contributed by atoms with van der Waals surface area (Å²) in [6.07, 6.45) is -4.07. The molecule has 0 aliphatic heterocycles. The van der Waals surface area contributed by atoms with E-state index in [-0.39, 0.29) is 17.1 Å². The molecule has 0 aliphatic rings. The molecule has 0 saturated heterocycles. The Hall–Kier alpha value is -2.89. The van der Waals surface area contributed by atoms with E-state index < -0.39 is 23.3 Å². The summed E-state index contributed by atoms with van der Waals surface area (Å²) < 4.78 is 39.9. The molecule has 0 fully saturated rings. The zero-order valence-corrected chi connectivity index (χ0v) is 10.6. The maximum atomic E-state index is 13.1. The van der Waals surface area contributed by atoms with E-state index in [0.717, 1.165) is 6.20 Å². The number of aryl methyl sites for hydroxylation is 1. The average Bonchev–Trinajstić information content (AvgIpc) is 2.83. The van der Waals surface area contributed by atoms with Crippen LogP contribution < -0.4 is 5.73 Å². The van der Waals surface area contributed by atoms with Gasteiger partial charge < -0.3 is 5.73 Å². The van der Waals surface area contributed by atoms with Gasteiger partial charge in [-0.25, -0.2) is 9.67 Å². The highest BCUT2D eigenvalue weighted by Crippen LogP contribution is 2.33. The molecule has 0 aromatic carbocycles. The average molecular weight is 295 g/mol. The zero-order valence-electron chi connectivity index (χ0n) is 10.6. The predicted octanol–water partition coefficient (Wildman–Crippen LogP) is 1.57. The quantitative estimate of drug-likeness (QED) is 0.909. The Labute approximate surface area is 116 Å². The first-order valence-corrected chi connectivity index (χ1v) is 5.59. The first-order chi connectivity index (χ1) is 9.75. The molecule has 2 aromatic heterocycles. The number of primary amides is 1. The SMILES string of the molecule is Cc1nc(C#N)ccc1-n1ncc(C(N)=O)c1C(F)(F)F. The fourth-order valence-electron chi connectivity index (χ4n) is 1.82. The van der Waals surface area contributed by atoms with Crippen molar-refractivity contribution in [3.8, 4) is 11.8 Å². The van der Waals surface area contributed by atoms with Crippen molar-refractivity contribution < 1.29 is 18.0 Å². The van der Waals surface area contributed by atoms with Gasteiger partial charge in [-0.05, 0) is 19.1 Å². The van der Waals surface area contributed by atoms with Crippen LogP contribution in [0.2, 0.25) is 0 Å². The number of nitrogens with two attached hydrogens (primary N) is 1. The summed E-state index contributed by atoms with van der Waals surface area (Å²) >= 11 is 0. The van der Waals surface area contributed by atoms with E-state index in [9.17, 15) is 18.0 Å². The molecule has 0 aliphatic carbocycles. The van der Waals surface area contributed by atoms with Crippen LogP contribution in [0.25, 0.3) is 5.69 Å². The molecule has 2 aromatic rings. The van der Waals surface area contributed by atoms with Crippen LogP contribution in [-0.2, 0) is 6.18 Å². The molecule has 2 rings (SSSR count). The van der Waals surface area contributed by atoms with E-state index in [1.54, 1.807) is 6.07 Å². The van der Waals surface area contributed by atoms with Gasteiger partial charge in [-0.15, -0.1) is 0 Å². The number of pyridine rings is 1. The van der Waals surface area contributed by atoms with E-state index in [1.807, 2.05) is 0 Å². The highest BCUT2D eigenvalue weighted by molar-refractivity contribution is 5.94. The number of aromatic nitrogens is 3. The molecule has 0 unspecified atom stereocenters. The van der Waals surface area contributed by atoms with E-state index in [0.29, 0.717) is 4.68 Å². The summed E-state index contributed by atoms with van der Waals surface area (Å²) in [5, 5.41) is 12.3. The summed E-state index contributed by atoms with van der Waals surface area (Å²) in [6, 6.07) is 4.31. The second kappa shape index (κ2) is 4.90. The Balaban J connectivity index is 2.71. The Kier molecular flexibility index (Phi) is 3.39. The number of rotatable bonds is 2. The summed E-state index contributed by atoms with van der Waals surface area (Å²) in [5.74, 6) is -1.23. The monoisotopic (exact) mass is 295 g/mol. The molecule has 0 bridgehead atoms. The van der Waals surface area contributed by atoms with Gasteiger partial charge in [0.15, 0.2) is 5.69 Å². The molecule has 9 heteroatoms. The largest absolute Gasteiger partial charge is 0.434 e. The van der Waals surface area contributed by atoms with Gasteiger partial charge in [0.2, 0.25) is 0 Å². The van der Waals surface area contributed by atoms with Gasteiger partial charge in [0, 0.05) is 0 Å². The Morgan fingerprint density at radius 2 is 2.10 bits per heavy atom. The molecule has 2 N–H and O–H groups in total. The Morgan fingerprint density at radius 3 is 2.57 bits per heavy atom. The highest BCUT2D eigenvalue weighted by atomic mass is 19.4. The molecule has 2 heterocycles. The van der Waals surface area contributed by atoms with Gasteiger partial charge in [-0.3, -0.25) is 4.79 Å². The molecule has 21 heavy (non-hydrogen) atoms. The summed E-state index contributed by atoms with van der Waals surface area (Å²) in [6.45, 7) is 1.43. The van der Waals surface area contributed by atoms with Gasteiger partial charge in [0.1, 0.15) is 11.8 Å². The third-order valence-electron chi connectivity index (χ3n) is 2.70. The summed E-state index contributed by atoms with van der Waals surface area (Å²) in [7, 11) is 0. The van der Waals surface area contributed by atoms with E-state index in [4.69, 9.17) is 11.0 Å². The van der Waals surface area contributed by atoms with Crippen molar-refractivity contribution in [3.63, 3.8) is 0 Å². The molecule has 0 atom stereocenters. The normalized spacial score (nSPS) is 11.2. The maximum Gasteiger partial charge on any atom is 0.434 e. The smallest absolute Gasteiger partial charge is 0.365 e. The van der Waals surface area contributed by atoms with Gasteiger partial charge in [0.05, 0.1) is 23.1 Å². The van der Waals surface area contributed by atoms with Crippen molar-refractivity contribution in [1.29, 1.82) is 5.26 Å². The van der Waals surface area contributed by atoms with Crippen LogP contribution in [0.15, 0.2) is 18.3 Å². The van der Waals surface area contributed by atoms with E-state index in [2.05, 4.69) is 10.1 Å². The molecular formula is C12H8F3N5O. The highest BCUT2D eigenvalue weighted by Gasteiger charge is 2.40. The standard InChI is InChI=1S/C12H8F3N5O/c1-6-9(3-2-7(4-16)19-6)20-10(12(13,14)15)8(5-18-20)11(17)21/h2-3,5H,1H3,(H2,17,21). The van der Waals surface area contributed by atoms with Gasteiger partial charge in [0.25, 0.3) is 5.91 Å². The number of alkyl halides is 3. The van der Waals surface area contributed by atoms with Crippen LogP contribution >= 0.6 is 0 Å². The fraction of sp³-hybridized carbons (Fsp3) is 0.167. The topological polar surface area (TPSA) is 97.6 Å². The van der Waals surface area contributed by atoms with Gasteiger partial charge in [-0.2, -0.15) is 23.5 Å². The fourth-order valence-corrected chi connectivity index (χ4v) is 1.82. The lowest BCUT2D eigenvalue weighted by atomic mass is 10.2. The van der Waals surface area contributed by atoms with Crippen molar-refractivity contribution in [2.75, 3.05) is 0 Å². The number of hydrogen-bond donors (Lipinski definition) is 1. The third-order valence-corrected chi connectivity index (χ3v) is 2.70. The van der Waals surface area contributed by atoms with Crippen molar-refractivity contribution in [2.45, 2.75) is 13.1 Å². The van der Waals surface area contributed by atoms with Crippen LogP contribution in [0.5, 0.6) is 0 Å². The minimum absolute atomic E-state index is 0.00817. The molecule has 108 valence electrons. The van der Waals surface area contributed by atoms with E-state index >= 15 is 0 Å². The van der Waals surface area contributed by atoms with Gasteiger partial charge in [-0.1, -0.05) is 0 Å². The van der Waals surface area contributed by atoms with Crippen molar-refractivity contribution in [3.05, 3.63) is 41.0 Å². The lowest BCUT2D eigenvalue weighted by Gasteiger charge is -2.13. The van der Waals surface area contributed by atoms with Crippen LogP contribution in [0.3, 0.4) is 0 Å². The lowest BCUT2D eigenvalue weighted by molar-refractivity contribution is -0.143. The number of nitrogens with zero attached hydrogens (tertiary/aromatic N) is 4. The second-order valence-corrected chi connectivity index (χ2v) is 4.09. The zero-order chi connectivity index (χ0) is 15.8. The number of nitriles is 1. The van der Waals surface area contributed by atoms with Crippen LogP contribution in [0.1, 0.15) is 27.4 Å². The summed E-state index contributed by atoms with van der Waals surface area (Å²) in [5.41, 5.74) is 3.17. The number of hydrogen-bond acceptors (Lipinski definition) is 4. The predicted molar refractivity (Wildman–Crippen MR) is 64.3 cm³/mol. The molecule has 0 radical (unpaired) electrons. The molecule has 0 saturated carbocycles. The number of amides is 1. The van der Waals surface area contributed by atoms with Crippen LogP contribution in [0, 0.1) is 18.3 Å². The number of carbonyl (C=O) groups is 1. The van der Waals surface area contributed by atoms with Crippen molar-refractivity contribution in [2.24, 2.45) is 5.73 Å². The van der Waals surface area contributed by atoms with Gasteiger partial charge >= 0.3 is 6.18 Å². The minimum Gasteiger partial charge on any atom is -0.365 e. The van der Waals surface area contributed by atoms with Crippen LogP contribution in [0.4, 0.5) is 13.2 Å². The Bertz CT molecular complexity index is 757. The molecule has 6 nitrogen and oxygen atoms in total. The minimum atomic E-state index is -4.82. The third kappa shape index (κ3) is 2.55. The number of carbonyl (C=O) groups excluding carboxylic acids is 1. The first kappa shape index (κ1) is 14.5. The van der Waals surface area contributed by atoms with E-state index in [1.165, 1.54) is 19.1 Å². The summed E-state index contributed by atoms with van der Waals surface area (Å²) in [4.78, 5) is 14.9. The molecule has 1 amide bonds. The molecular weight excluding hydrogens is 287 g/mol.